The highest BCUT2D eigenvalue weighted by Crippen LogP contribution is 2.33. The summed E-state index contributed by atoms with van der Waals surface area (Å²) in [5.74, 6) is -1.78. The SMILES string of the molecule is Cc1cc(N)c(OCCCS(=O)(=O)O)cc1N=Nc1ccc(S(=O)(=O)O)cc1C(=O)O. The second-order valence-corrected chi connectivity index (χ2v) is 9.32. The van der Waals surface area contributed by atoms with Crippen LogP contribution in [-0.4, -0.2) is 49.4 Å². The molecule has 31 heavy (non-hydrogen) atoms. The number of ether oxygens (including phenoxy) is 1. The Morgan fingerprint density at radius 2 is 1.71 bits per heavy atom. The van der Waals surface area contributed by atoms with E-state index < -0.39 is 42.4 Å². The number of nitrogens with two attached hydrogens (primary N) is 1. The largest absolute Gasteiger partial charge is 0.491 e. The van der Waals surface area contributed by atoms with E-state index in [1.54, 1.807) is 6.92 Å². The number of anilines is 1. The Labute approximate surface area is 177 Å². The first-order valence-electron chi connectivity index (χ1n) is 8.52. The van der Waals surface area contributed by atoms with Crippen molar-refractivity contribution in [3.8, 4) is 5.75 Å². The summed E-state index contributed by atoms with van der Waals surface area (Å²) in [7, 11) is -8.71. The molecule has 0 aliphatic carbocycles. The van der Waals surface area contributed by atoms with Crippen molar-refractivity contribution in [1.82, 2.24) is 0 Å². The van der Waals surface area contributed by atoms with E-state index >= 15 is 0 Å². The lowest BCUT2D eigenvalue weighted by Gasteiger charge is -2.11. The standard InChI is InChI=1S/C17H19N3O9S2/c1-10-7-13(18)16(29-5-2-6-30(23,24)25)9-15(10)20-19-14-4-3-11(31(26,27)28)8-12(14)17(21)22/h3-4,7-9H,2,5-6,18H2,1H3,(H,21,22)(H,23,24,25)(H,26,27,28). The van der Waals surface area contributed by atoms with Gasteiger partial charge in [0, 0.05) is 6.07 Å². The molecule has 14 heteroatoms. The molecule has 2 aromatic rings. The molecule has 0 radical (unpaired) electrons. The van der Waals surface area contributed by atoms with E-state index in [1.165, 1.54) is 12.1 Å². The molecule has 0 aliphatic heterocycles. The van der Waals surface area contributed by atoms with Gasteiger partial charge in [0.15, 0.2) is 0 Å². The lowest BCUT2D eigenvalue weighted by molar-refractivity contribution is 0.0697. The van der Waals surface area contributed by atoms with Gasteiger partial charge in [-0.05, 0) is 43.2 Å². The van der Waals surface area contributed by atoms with Gasteiger partial charge in [-0.3, -0.25) is 9.11 Å². The molecule has 0 saturated carbocycles. The fraction of sp³-hybridized carbons (Fsp3) is 0.235. The Balaban J connectivity index is 2.30. The van der Waals surface area contributed by atoms with Crippen LogP contribution in [-0.2, 0) is 20.2 Å². The zero-order valence-corrected chi connectivity index (χ0v) is 17.7. The van der Waals surface area contributed by atoms with Gasteiger partial charge < -0.3 is 15.6 Å². The van der Waals surface area contributed by atoms with Gasteiger partial charge in [0.25, 0.3) is 20.2 Å². The minimum Gasteiger partial charge on any atom is -0.491 e. The van der Waals surface area contributed by atoms with E-state index in [9.17, 15) is 26.7 Å². The van der Waals surface area contributed by atoms with Crippen molar-refractivity contribution in [1.29, 1.82) is 0 Å². The summed E-state index contributed by atoms with van der Waals surface area (Å²) in [5.41, 5.74) is 6.28. The smallest absolute Gasteiger partial charge is 0.338 e. The van der Waals surface area contributed by atoms with Crippen LogP contribution in [0, 0.1) is 6.92 Å². The van der Waals surface area contributed by atoms with Crippen LogP contribution in [0.25, 0.3) is 0 Å². The van der Waals surface area contributed by atoms with Gasteiger partial charge in [-0.15, -0.1) is 5.11 Å². The Morgan fingerprint density at radius 3 is 2.29 bits per heavy atom. The molecule has 168 valence electrons. The number of rotatable bonds is 9. The minimum absolute atomic E-state index is 0.0189. The van der Waals surface area contributed by atoms with Crippen LogP contribution in [0.1, 0.15) is 22.3 Å². The maximum atomic E-state index is 11.4. The molecule has 0 spiro atoms. The van der Waals surface area contributed by atoms with E-state index in [1.807, 2.05) is 0 Å². The van der Waals surface area contributed by atoms with Gasteiger partial charge in [0.1, 0.15) is 11.4 Å². The number of carbonyl (C=O) groups is 1. The van der Waals surface area contributed by atoms with Crippen molar-refractivity contribution in [3.63, 3.8) is 0 Å². The van der Waals surface area contributed by atoms with E-state index in [0.717, 1.165) is 18.2 Å². The number of aryl methyl sites for hydroxylation is 1. The van der Waals surface area contributed by atoms with Crippen molar-refractivity contribution >= 4 is 43.3 Å². The molecule has 0 unspecified atom stereocenters. The molecule has 0 heterocycles. The van der Waals surface area contributed by atoms with Crippen molar-refractivity contribution in [2.45, 2.75) is 18.2 Å². The van der Waals surface area contributed by atoms with Gasteiger partial charge >= 0.3 is 5.97 Å². The molecule has 0 aliphatic rings. The first-order valence-corrected chi connectivity index (χ1v) is 11.6. The summed E-state index contributed by atoms with van der Waals surface area (Å²) < 4.78 is 67.1. The molecule has 2 rings (SSSR count). The third kappa shape index (κ3) is 6.99. The molecule has 2 aromatic carbocycles. The van der Waals surface area contributed by atoms with Crippen LogP contribution in [0.3, 0.4) is 0 Å². The predicted molar refractivity (Wildman–Crippen MR) is 110 cm³/mol. The van der Waals surface area contributed by atoms with Crippen LogP contribution in [0.5, 0.6) is 5.75 Å². The number of azo groups is 1. The Bertz CT molecular complexity index is 1240. The summed E-state index contributed by atoms with van der Waals surface area (Å²) >= 11 is 0. The van der Waals surface area contributed by atoms with Crippen molar-refractivity contribution in [2.24, 2.45) is 10.2 Å². The van der Waals surface area contributed by atoms with E-state index in [0.29, 0.717) is 5.56 Å². The lowest BCUT2D eigenvalue weighted by atomic mass is 10.1. The van der Waals surface area contributed by atoms with E-state index in [2.05, 4.69) is 10.2 Å². The quantitative estimate of drug-likeness (QED) is 0.181. The monoisotopic (exact) mass is 473 g/mol. The molecular formula is C17H19N3O9S2. The van der Waals surface area contributed by atoms with Gasteiger partial charge in [0.2, 0.25) is 0 Å². The van der Waals surface area contributed by atoms with Crippen LogP contribution < -0.4 is 10.5 Å². The summed E-state index contributed by atoms with van der Waals surface area (Å²) in [5, 5.41) is 17.1. The number of nitrogen functional groups attached to an aromatic ring is 1. The van der Waals surface area contributed by atoms with Crippen LogP contribution in [0.4, 0.5) is 17.1 Å². The second-order valence-electron chi connectivity index (χ2n) is 6.32. The Hall–Kier alpha value is -3.07. The zero-order chi connectivity index (χ0) is 23.4. The van der Waals surface area contributed by atoms with Gasteiger partial charge in [0.05, 0.1) is 34.2 Å². The van der Waals surface area contributed by atoms with Gasteiger partial charge in [-0.1, -0.05) is 0 Å². The van der Waals surface area contributed by atoms with Crippen LogP contribution in [0.15, 0.2) is 45.5 Å². The molecular weight excluding hydrogens is 454 g/mol. The first kappa shape index (κ1) is 24.2. The molecule has 0 aromatic heterocycles. The summed E-state index contributed by atoms with van der Waals surface area (Å²) in [6, 6.07) is 5.75. The topological polar surface area (TPSA) is 206 Å². The van der Waals surface area contributed by atoms with Crippen molar-refractivity contribution < 1.29 is 40.6 Å². The number of carboxylic acids is 1. The summed E-state index contributed by atoms with van der Waals surface area (Å²) in [4.78, 5) is 10.8. The lowest BCUT2D eigenvalue weighted by Crippen LogP contribution is -2.09. The average molecular weight is 473 g/mol. The number of aromatic carboxylic acids is 1. The number of carboxylic acid groups (broad SMARTS) is 1. The Kier molecular flexibility index (Phi) is 7.32. The number of nitrogens with zero attached hydrogens (tertiary/aromatic N) is 2. The van der Waals surface area contributed by atoms with Crippen molar-refractivity contribution in [3.05, 3.63) is 41.5 Å². The van der Waals surface area contributed by atoms with Crippen LogP contribution in [0.2, 0.25) is 0 Å². The third-order valence-electron chi connectivity index (χ3n) is 3.89. The molecule has 5 N–H and O–H groups in total. The highest BCUT2D eigenvalue weighted by atomic mass is 32.2. The van der Waals surface area contributed by atoms with E-state index in [4.69, 9.17) is 19.6 Å². The normalized spacial score (nSPS) is 12.2. The molecule has 0 amide bonds. The minimum atomic E-state index is -4.60. The molecule has 0 bridgehead atoms. The van der Waals surface area contributed by atoms with Crippen molar-refractivity contribution in [2.75, 3.05) is 18.1 Å². The zero-order valence-electron chi connectivity index (χ0n) is 16.1. The maximum absolute atomic E-state index is 11.4. The second kappa shape index (κ2) is 9.38. The predicted octanol–water partition coefficient (Wildman–Crippen LogP) is 2.59. The molecule has 0 saturated heterocycles. The van der Waals surface area contributed by atoms with E-state index in [-0.39, 0.29) is 35.8 Å². The number of hydrogen-bond donors (Lipinski definition) is 4. The summed E-state index contributed by atoms with van der Waals surface area (Å²) in [6.45, 7) is 1.61. The molecule has 0 fully saturated rings. The fourth-order valence-electron chi connectivity index (χ4n) is 2.40. The fourth-order valence-corrected chi connectivity index (χ4v) is 3.39. The number of benzene rings is 2. The highest BCUT2D eigenvalue weighted by molar-refractivity contribution is 7.86. The third-order valence-corrected chi connectivity index (χ3v) is 5.55. The van der Waals surface area contributed by atoms with Crippen LogP contribution >= 0.6 is 0 Å². The summed E-state index contributed by atoms with van der Waals surface area (Å²) in [6.07, 6.45) is 0.0189. The molecule has 12 nitrogen and oxygen atoms in total. The average Bonchev–Trinajstić information content (AvgIpc) is 2.64. The number of hydrogen-bond acceptors (Lipinski definition) is 9. The Morgan fingerprint density at radius 1 is 1.06 bits per heavy atom. The van der Waals surface area contributed by atoms with Gasteiger partial charge in [-0.2, -0.15) is 21.9 Å². The highest BCUT2D eigenvalue weighted by Gasteiger charge is 2.17. The molecule has 0 atom stereocenters. The maximum Gasteiger partial charge on any atom is 0.338 e. The van der Waals surface area contributed by atoms with Gasteiger partial charge in [-0.25, -0.2) is 4.79 Å². The first-order chi connectivity index (χ1) is 14.3.